The number of carbonyl (C=O) groups excluding carboxylic acids is 1. The van der Waals surface area contributed by atoms with E-state index in [1.165, 1.54) is 18.2 Å². The van der Waals surface area contributed by atoms with Gasteiger partial charge in [0.25, 0.3) is 0 Å². The highest BCUT2D eigenvalue weighted by atomic mass is 19.1. The minimum atomic E-state index is -0.511. The maximum Gasteiger partial charge on any atom is 0.179 e. The second-order valence-electron chi connectivity index (χ2n) is 2.11. The minimum absolute atomic E-state index is 0.0648. The molecule has 0 saturated carbocycles. The zero-order chi connectivity index (χ0) is 8.27. The van der Waals surface area contributed by atoms with E-state index in [2.05, 4.69) is 0 Å². The van der Waals surface area contributed by atoms with E-state index in [-0.39, 0.29) is 17.9 Å². The van der Waals surface area contributed by atoms with Gasteiger partial charge >= 0.3 is 0 Å². The Balaban J connectivity index is 3.03. The number of rotatable bonds is 2. The van der Waals surface area contributed by atoms with Crippen LogP contribution in [0.2, 0.25) is 0 Å². The number of halogens is 1. The lowest BCUT2D eigenvalue weighted by Gasteiger charge is -1.97. The van der Waals surface area contributed by atoms with Crippen LogP contribution >= 0.6 is 0 Å². The van der Waals surface area contributed by atoms with Crippen molar-refractivity contribution in [1.29, 1.82) is 0 Å². The predicted octanol–water partition coefficient (Wildman–Crippen LogP) is 0.967. The van der Waals surface area contributed by atoms with E-state index in [0.717, 1.165) is 0 Å². The molecule has 2 N–H and O–H groups in total. The Morgan fingerprint density at radius 2 is 2.09 bits per heavy atom. The van der Waals surface area contributed by atoms with Crippen LogP contribution in [-0.4, -0.2) is 12.3 Å². The van der Waals surface area contributed by atoms with Crippen molar-refractivity contribution in [3.63, 3.8) is 0 Å². The first-order valence-electron chi connectivity index (χ1n) is 3.23. The van der Waals surface area contributed by atoms with Crippen LogP contribution in [0.25, 0.3) is 0 Å². The fourth-order valence-electron chi connectivity index (χ4n) is 0.797. The summed E-state index contributed by atoms with van der Waals surface area (Å²) < 4.78 is 12.8. The van der Waals surface area contributed by atoms with E-state index in [4.69, 9.17) is 5.73 Å². The highest BCUT2D eigenvalue weighted by Crippen LogP contribution is 2.05. The largest absolute Gasteiger partial charge is 0.324 e. The van der Waals surface area contributed by atoms with Crippen molar-refractivity contribution in [2.45, 2.75) is 0 Å². The number of benzene rings is 1. The zero-order valence-electron chi connectivity index (χ0n) is 5.88. The van der Waals surface area contributed by atoms with Crippen LogP contribution in [0.15, 0.2) is 24.3 Å². The van der Waals surface area contributed by atoms with E-state index in [0.29, 0.717) is 0 Å². The van der Waals surface area contributed by atoms with Crippen LogP contribution in [-0.2, 0) is 0 Å². The van der Waals surface area contributed by atoms with Crippen LogP contribution in [0.4, 0.5) is 4.39 Å². The van der Waals surface area contributed by atoms with Gasteiger partial charge in [-0.1, -0.05) is 12.1 Å². The first-order valence-corrected chi connectivity index (χ1v) is 3.23. The molecule has 2 nitrogen and oxygen atoms in total. The van der Waals surface area contributed by atoms with Gasteiger partial charge in [0, 0.05) is 0 Å². The molecule has 11 heavy (non-hydrogen) atoms. The molecular weight excluding hydrogens is 145 g/mol. The van der Waals surface area contributed by atoms with E-state index in [1.54, 1.807) is 6.07 Å². The molecule has 1 rings (SSSR count). The third-order valence-electron chi connectivity index (χ3n) is 1.36. The highest BCUT2D eigenvalue weighted by Gasteiger charge is 2.07. The molecule has 0 radical (unpaired) electrons. The highest BCUT2D eigenvalue weighted by molar-refractivity contribution is 5.97. The molecule has 0 aliphatic rings. The van der Waals surface area contributed by atoms with E-state index in [9.17, 15) is 9.18 Å². The number of Topliss-reactive ketones (excluding diaryl/α,β-unsaturated/α-hetero) is 1. The minimum Gasteiger partial charge on any atom is -0.324 e. The molecule has 3 heteroatoms. The summed E-state index contributed by atoms with van der Waals surface area (Å²) in [7, 11) is 0. The third-order valence-corrected chi connectivity index (χ3v) is 1.36. The predicted molar refractivity (Wildman–Crippen MR) is 39.8 cm³/mol. The van der Waals surface area contributed by atoms with Crippen molar-refractivity contribution in [3.8, 4) is 0 Å². The van der Waals surface area contributed by atoms with Gasteiger partial charge in [0.1, 0.15) is 5.82 Å². The molecule has 0 heterocycles. The molecule has 58 valence electrons. The molecule has 0 aromatic heterocycles. The van der Waals surface area contributed by atoms with Gasteiger partial charge in [-0.25, -0.2) is 4.39 Å². The Kier molecular flexibility index (Phi) is 2.33. The number of hydrogen-bond acceptors (Lipinski definition) is 2. The van der Waals surface area contributed by atoms with Crippen LogP contribution < -0.4 is 5.73 Å². The summed E-state index contributed by atoms with van der Waals surface area (Å²) in [6, 6.07) is 5.79. The maximum absolute atomic E-state index is 12.8. The van der Waals surface area contributed by atoms with Crippen molar-refractivity contribution < 1.29 is 9.18 Å². The van der Waals surface area contributed by atoms with Crippen LogP contribution in [0.1, 0.15) is 10.4 Å². The standard InChI is InChI=1S/C8H8FNO/c9-7-4-2-1-3-6(7)8(11)5-10/h1-4H,5,10H2. The van der Waals surface area contributed by atoms with Gasteiger partial charge < -0.3 is 5.73 Å². The second kappa shape index (κ2) is 3.25. The lowest BCUT2D eigenvalue weighted by Crippen LogP contribution is -2.14. The lowest BCUT2D eigenvalue weighted by atomic mass is 10.1. The molecule has 0 spiro atoms. The molecule has 1 aromatic carbocycles. The van der Waals surface area contributed by atoms with Gasteiger partial charge in [0.2, 0.25) is 0 Å². The number of ketones is 1. The van der Waals surface area contributed by atoms with E-state index >= 15 is 0 Å². The average molecular weight is 153 g/mol. The van der Waals surface area contributed by atoms with Gasteiger partial charge in [0.05, 0.1) is 12.1 Å². The monoisotopic (exact) mass is 153 g/mol. The molecule has 0 unspecified atom stereocenters. The molecule has 1 aromatic rings. The molecule has 0 amide bonds. The van der Waals surface area contributed by atoms with Crippen molar-refractivity contribution >= 4 is 5.78 Å². The normalized spacial score (nSPS) is 9.64. The smallest absolute Gasteiger partial charge is 0.179 e. The van der Waals surface area contributed by atoms with Gasteiger partial charge in [-0.05, 0) is 12.1 Å². The summed E-state index contributed by atoms with van der Waals surface area (Å²) in [4.78, 5) is 10.9. The molecule has 0 fully saturated rings. The first kappa shape index (κ1) is 7.88. The van der Waals surface area contributed by atoms with Crippen molar-refractivity contribution in [2.75, 3.05) is 6.54 Å². The number of carbonyl (C=O) groups is 1. The van der Waals surface area contributed by atoms with Crippen LogP contribution in [0.3, 0.4) is 0 Å². The lowest BCUT2D eigenvalue weighted by molar-refractivity contribution is 0.0997. The van der Waals surface area contributed by atoms with Gasteiger partial charge in [-0.2, -0.15) is 0 Å². The Morgan fingerprint density at radius 3 is 2.64 bits per heavy atom. The Bertz CT molecular complexity index is 273. The van der Waals surface area contributed by atoms with Crippen LogP contribution in [0.5, 0.6) is 0 Å². The molecule has 0 aliphatic heterocycles. The second-order valence-corrected chi connectivity index (χ2v) is 2.11. The van der Waals surface area contributed by atoms with Gasteiger partial charge in [-0.15, -0.1) is 0 Å². The fraction of sp³-hybridized carbons (Fsp3) is 0.125. The maximum atomic E-state index is 12.8. The summed E-state index contributed by atoms with van der Waals surface area (Å²) in [6.07, 6.45) is 0. The number of hydrogen-bond donors (Lipinski definition) is 1. The number of nitrogens with two attached hydrogens (primary N) is 1. The summed E-state index contributed by atoms with van der Waals surface area (Å²) >= 11 is 0. The van der Waals surface area contributed by atoms with Crippen LogP contribution in [0, 0.1) is 5.82 Å². The van der Waals surface area contributed by atoms with Gasteiger partial charge in [0.15, 0.2) is 5.78 Å². The molecule has 0 aliphatic carbocycles. The summed E-state index contributed by atoms with van der Waals surface area (Å²) in [5, 5.41) is 0. The molecule has 0 saturated heterocycles. The quantitative estimate of drug-likeness (QED) is 0.643. The Hall–Kier alpha value is -1.22. The zero-order valence-corrected chi connectivity index (χ0v) is 5.88. The topological polar surface area (TPSA) is 43.1 Å². The van der Waals surface area contributed by atoms with Crippen molar-refractivity contribution in [2.24, 2.45) is 5.73 Å². The van der Waals surface area contributed by atoms with Crippen molar-refractivity contribution in [1.82, 2.24) is 0 Å². The molecular formula is C8H8FNO. The Morgan fingerprint density at radius 1 is 1.45 bits per heavy atom. The molecule has 0 bridgehead atoms. The SMILES string of the molecule is NCC(=O)c1ccccc1F. The molecule has 0 atom stereocenters. The summed E-state index contributed by atoms with van der Waals surface area (Å²) in [5.41, 5.74) is 5.12. The fourth-order valence-corrected chi connectivity index (χ4v) is 0.797. The summed E-state index contributed by atoms with van der Waals surface area (Å²) in [6.45, 7) is -0.152. The first-order chi connectivity index (χ1) is 5.25. The van der Waals surface area contributed by atoms with E-state index < -0.39 is 5.82 Å². The average Bonchev–Trinajstić information content (AvgIpc) is 2.04. The summed E-state index contributed by atoms with van der Waals surface area (Å²) in [5.74, 6) is -0.883. The Labute approximate surface area is 63.8 Å². The third kappa shape index (κ3) is 1.62. The van der Waals surface area contributed by atoms with E-state index in [1.807, 2.05) is 0 Å². The van der Waals surface area contributed by atoms with Gasteiger partial charge in [-0.3, -0.25) is 4.79 Å². The van der Waals surface area contributed by atoms with Crippen molar-refractivity contribution in [3.05, 3.63) is 35.6 Å².